The molecule has 0 N–H and O–H groups in total. The third-order valence-corrected chi connectivity index (χ3v) is 5.55. The third-order valence-electron chi connectivity index (χ3n) is 4.31. The molecule has 0 aliphatic heterocycles. The molecule has 30 heavy (non-hydrogen) atoms. The summed E-state index contributed by atoms with van der Waals surface area (Å²) in [4.78, 5) is 23.3. The summed E-state index contributed by atoms with van der Waals surface area (Å²) in [6.07, 6.45) is 3.21. The van der Waals surface area contributed by atoms with E-state index in [2.05, 4.69) is 0 Å². The van der Waals surface area contributed by atoms with Crippen molar-refractivity contribution in [3.63, 3.8) is 0 Å². The van der Waals surface area contributed by atoms with E-state index < -0.39 is 4.92 Å². The van der Waals surface area contributed by atoms with Gasteiger partial charge in [0.15, 0.2) is 5.78 Å². The van der Waals surface area contributed by atoms with Crippen molar-refractivity contribution >= 4 is 40.5 Å². The highest BCUT2D eigenvalue weighted by atomic mass is 35.5. The van der Waals surface area contributed by atoms with E-state index in [0.29, 0.717) is 26.3 Å². The molecular weight excluding hydrogens is 426 g/mol. The summed E-state index contributed by atoms with van der Waals surface area (Å²) in [6, 6.07) is 13.5. The van der Waals surface area contributed by atoms with Gasteiger partial charge in [-0.1, -0.05) is 23.7 Å². The molecule has 8 heteroatoms. The second-order valence-corrected chi connectivity index (χ2v) is 8.08. The van der Waals surface area contributed by atoms with Crippen LogP contribution in [0, 0.1) is 17.0 Å². The summed E-state index contributed by atoms with van der Waals surface area (Å²) in [5.74, 6) is 1.04. The second-order valence-electron chi connectivity index (χ2n) is 6.37. The Morgan fingerprint density at radius 1 is 1.20 bits per heavy atom. The predicted octanol–water partition coefficient (Wildman–Crippen LogP) is 6.10. The van der Waals surface area contributed by atoms with Crippen LogP contribution in [-0.4, -0.2) is 17.8 Å². The van der Waals surface area contributed by atoms with Crippen LogP contribution in [0.3, 0.4) is 0 Å². The van der Waals surface area contributed by atoms with Gasteiger partial charge in [0.1, 0.15) is 18.1 Å². The minimum atomic E-state index is -0.427. The fourth-order valence-electron chi connectivity index (χ4n) is 2.80. The average molecular weight is 444 g/mol. The molecule has 0 aliphatic carbocycles. The van der Waals surface area contributed by atoms with Gasteiger partial charge in [0, 0.05) is 17.2 Å². The molecule has 0 fully saturated rings. The minimum absolute atomic E-state index is 0.0451. The Balaban J connectivity index is 1.74. The van der Waals surface area contributed by atoms with Crippen molar-refractivity contribution in [3.05, 3.63) is 90.6 Å². The average Bonchev–Trinajstić information content (AvgIpc) is 3.16. The molecule has 0 saturated carbocycles. The number of aryl methyl sites for hydroxylation is 1. The number of allylic oxidation sites excluding steroid dienone is 1. The molecule has 0 aliphatic rings. The summed E-state index contributed by atoms with van der Waals surface area (Å²) in [6.45, 7) is 1.87. The molecule has 3 aromatic rings. The Labute approximate surface area is 182 Å². The molecule has 0 spiro atoms. The molecule has 6 nitrogen and oxygen atoms in total. The van der Waals surface area contributed by atoms with Crippen LogP contribution in [0.2, 0.25) is 4.34 Å². The first kappa shape index (κ1) is 21.5. The van der Waals surface area contributed by atoms with Crippen molar-refractivity contribution in [2.75, 3.05) is 7.11 Å². The zero-order valence-electron chi connectivity index (χ0n) is 16.3. The first-order chi connectivity index (χ1) is 14.4. The number of benzene rings is 2. The lowest BCUT2D eigenvalue weighted by molar-refractivity contribution is -0.385. The first-order valence-electron chi connectivity index (χ1n) is 8.90. The Kier molecular flexibility index (Phi) is 6.87. The first-order valence-corrected chi connectivity index (χ1v) is 10.1. The van der Waals surface area contributed by atoms with Gasteiger partial charge >= 0.3 is 0 Å². The number of hydrogen-bond acceptors (Lipinski definition) is 6. The highest BCUT2D eigenvalue weighted by Crippen LogP contribution is 2.27. The maximum Gasteiger partial charge on any atom is 0.272 e. The smallest absolute Gasteiger partial charge is 0.272 e. The number of rotatable bonds is 8. The van der Waals surface area contributed by atoms with Crippen molar-refractivity contribution in [1.82, 2.24) is 0 Å². The lowest BCUT2D eigenvalue weighted by Crippen LogP contribution is -2.00. The number of ether oxygens (including phenoxy) is 2. The largest absolute Gasteiger partial charge is 0.496 e. The van der Waals surface area contributed by atoms with Gasteiger partial charge in [-0.25, -0.2) is 0 Å². The number of methoxy groups -OCH3 is 1. The summed E-state index contributed by atoms with van der Waals surface area (Å²) in [5.41, 5.74) is 2.16. The summed E-state index contributed by atoms with van der Waals surface area (Å²) in [7, 11) is 1.56. The van der Waals surface area contributed by atoms with Crippen molar-refractivity contribution in [2.24, 2.45) is 0 Å². The molecule has 0 radical (unpaired) electrons. The van der Waals surface area contributed by atoms with E-state index in [0.717, 1.165) is 11.1 Å². The highest BCUT2D eigenvalue weighted by molar-refractivity contribution is 7.18. The maximum atomic E-state index is 12.2. The third kappa shape index (κ3) is 5.25. The normalized spacial score (nSPS) is 10.9. The Morgan fingerprint density at radius 2 is 2.00 bits per heavy atom. The molecule has 3 rings (SSSR count). The van der Waals surface area contributed by atoms with Gasteiger partial charge in [-0.2, -0.15) is 0 Å². The van der Waals surface area contributed by atoms with Crippen molar-refractivity contribution in [1.29, 1.82) is 0 Å². The number of nitro benzene ring substituents is 1. The van der Waals surface area contributed by atoms with E-state index in [1.165, 1.54) is 23.5 Å². The van der Waals surface area contributed by atoms with E-state index >= 15 is 0 Å². The molecule has 0 saturated heterocycles. The Hall–Kier alpha value is -3.16. The van der Waals surface area contributed by atoms with E-state index in [4.69, 9.17) is 21.1 Å². The topological polar surface area (TPSA) is 78.7 Å². The van der Waals surface area contributed by atoms with Crippen LogP contribution in [0.5, 0.6) is 11.5 Å². The summed E-state index contributed by atoms with van der Waals surface area (Å²) >= 11 is 7.11. The van der Waals surface area contributed by atoms with Crippen LogP contribution >= 0.6 is 22.9 Å². The fraction of sp³-hybridized carbons (Fsp3) is 0.136. The fourth-order valence-corrected chi connectivity index (χ4v) is 3.76. The van der Waals surface area contributed by atoms with Crippen molar-refractivity contribution in [3.8, 4) is 11.5 Å². The SMILES string of the molecule is COc1ccc(/C=C/C(=O)c2ccc(Cl)s2)cc1COc1ccc([N+](=O)[O-])c(C)c1. The van der Waals surface area contributed by atoms with Crippen molar-refractivity contribution in [2.45, 2.75) is 13.5 Å². The van der Waals surface area contributed by atoms with Gasteiger partial charge < -0.3 is 9.47 Å². The number of nitrogens with zero attached hydrogens (tertiary/aromatic N) is 1. The molecule has 0 atom stereocenters. The number of thiophene rings is 1. The Morgan fingerprint density at radius 3 is 2.63 bits per heavy atom. The maximum absolute atomic E-state index is 12.2. The van der Waals surface area contributed by atoms with Crippen LogP contribution in [0.15, 0.2) is 54.6 Å². The number of nitro groups is 1. The predicted molar refractivity (Wildman–Crippen MR) is 118 cm³/mol. The molecule has 1 aromatic heterocycles. The Bertz CT molecular complexity index is 1120. The number of hydrogen-bond donors (Lipinski definition) is 0. The van der Waals surface area contributed by atoms with Crippen LogP contribution < -0.4 is 9.47 Å². The summed E-state index contributed by atoms with van der Waals surface area (Å²) < 4.78 is 11.8. The molecule has 0 bridgehead atoms. The summed E-state index contributed by atoms with van der Waals surface area (Å²) in [5, 5.41) is 10.9. The number of halogens is 1. The quantitative estimate of drug-likeness (QED) is 0.182. The highest BCUT2D eigenvalue weighted by Gasteiger charge is 2.12. The van der Waals surface area contributed by atoms with Crippen LogP contribution in [0.1, 0.15) is 26.4 Å². The van der Waals surface area contributed by atoms with Crippen LogP contribution in [0.4, 0.5) is 5.69 Å². The number of carbonyl (C=O) groups excluding carboxylic acids is 1. The number of carbonyl (C=O) groups is 1. The van der Waals surface area contributed by atoms with E-state index in [9.17, 15) is 14.9 Å². The van der Waals surface area contributed by atoms with Gasteiger partial charge in [-0.05, 0) is 55.0 Å². The monoisotopic (exact) mass is 443 g/mol. The van der Waals surface area contributed by atoms with E-state index in [1.807, 2.05) is 12.1 Å². The van der Waals surface area contributed by atoms with Gasteiger partial charge in [0.25, 0.3) is 5.69 Å². The molecule has 0 unspecified atom stereocenters. The molecular formula is C22H18ClNO5S. The lowest BCUT2D eigenvalue weighted by atomic mass is 10.1. The molecule has 0 amide bonds. The van der Waals surface area contributed by atoms with E-state index in [1.54, 1.807) is 50.4 Å². The second kappa shape index (κ2) is 9.56. The lowest BCUT2D eigenvalue weighted by Gasteiger charge is -2.12. The van der Waals surface area contributed by atoms with Gasteiger partial charge in [0.2, 0.25) is 0 Å². The zero-order chi connectivity index (χ0) is 21.7. The molecule has 2 aromatic carbocycles. The van der Waals surface area contributed by atoms with E-state index in [-0.39, 0.29) is 18.1 Å². The van der Waals surface area contributed by atoms with Crippen LogP contribution in [0.25, 0.3) is 6.08 Å². The van der Waals surface area contributed by atoms with Crippen LogP contribution in [-0.2, 0) is 6.61 Å². The van der Waals surface area contributed by atoms with Crippen molar-refractivity contribution < 1.29 is 19.2 Å². The molecule has 154 valence electrons. The van der Waals surface area contributed by atoms with Gasteiger partial charge in [0.05, 0.1) is 21.2 Å². The van der Waals surface area contributed by atoms with Gasteiger partial charge in [-0.3, -0.25) is 14.9 Å². The number of ketones is 1. The minimum Gasteiger partial charge on any atom is -0.496 e. The van der Waals surface area contributed by atoms with Gasteiger partial charge in [-0.15, -0.1) is 11.3 Å². The molecule has 1 heterocycles. The zero-order valence-corrected chi connectivity index (χ0v) is 17.8. The standard InChI is InChI=1S/C22H18ClNO5S/c1-14-11-17(5-6-18(14)24(26)27)29-13-16-12-15(4-8-20(16)28-2)3-7-19(25)21-9-10-22(23)30-21/h3-12H,13H2,1-2H3/b7-3+.